The van der Waals surface area contributed by atoms with Crippen molar-refractivity contribution in [1.82, 2.24) is 0 Å². The highest BCUT2D eigenvalue weighted by atomic mass is 16.5. The highest BCUT2D eigenvalue weighted by Gasteiger charge is 2.35. The lowest BCUT2D eigenvalue weighted by Gasteiger charge is -2.28. The Bertz CT molecular complexity index is 467. The standard InChI is InChI=1S/C14H16O4/c1-2-18-14(17)12-8-7-11(13(15)16)9-5-3-4-6-10(9)12/h3-6,11-12H,2,7-8H2,1H3,(H,15,16)/t11-,12-/m1/s1. The van der Waals surface area contributed by atoms with Gasteiger partial charge in [-0.3, -0.25) is 9.59 Å². The number of ether oxygens (including phenoxy) is 1. The first-order chi connectivity index (χ1) is 8.65. The average Bonchev–Trinajstić information content (AvgIpc) is 2.37. The van der Waals surface area contributed by atoms with Crippen molar-refractivity contribution < 1.29 is 19.4 Å². The van der Waals surface area contributed by atoms with Gasteiger partial charge in [0, 0.05) is 0 Å². The first-order valence-electron chi connectivity index (χ1n) is 6.13. The molecule has 0 amide bonds. The molecule has 1 aliphatic carbocycles. The van der Waals surface area contributed by atoms with Crippen LogP contribution in [0.5, 0.6) is 0 Å². The van der Waals surface area contributed by atoms with Crippen molar-refractivity contribution in [3.63, 3.8) is 0 Å². The quantitative estimate of drug-likeness (QED) is 0.833. The van der Waals surface area contributed by atoms with Gasteiger partial charge in [-0.2, -0.15) is 0 Å². The fourth-order valence-corrected chi connectivity index (χ4v) is 2.53. The van der Waals surface area contributed by atoms with Crippen LogP contribution in [0.4, 0.5) is 0 Å². The molecule has 0 spiro atoms. The van der Waals surface area contributed by atoms with Crippen molar-refractivity contribution in [2.24, 2.45) is 0 Å². The highest BCUT2D eigenvalue weighted by Crippen LogP contribution is 2.39. The number of carbonyl (C=O) groups is 2. The zero-order valence-corrected chi connectivity index (χ0v) is 10.3. The Kier molecular flexibility index (Phi) is 3.65. The number of rotatable bonds is 3. The number of carboxylic acids is 1. The first kappa shape index (κ1) is 12.6. The van der Waals surface area contributed by atoms with Crippen LogP contribution < -0.4 is 0 Å². The summed E-state index contributed by atoms with van der Waals surface area (Å²) in [6, 6.07) is 7.25. The molecule has 2 rings (SSSR count). The predicted molar refractivity (Wildman–Crippen MR) is 65.4 cm³/mol. The van der Waals surface area contributed by atoms with E-state index in [2.05, 4.69) is 0 Å². The largest absolute Gasteiger partial charge is 0.481 e. The van der Waals surface area contributed by atoms with Crippen LogP contribution in [0.15, 0.2) is 24.3 Å². The Morgan fingerprint density at radius 1 is 1.22 bits per heavy atom. The van der Waals surface area contributed by atoms with Crippen molar-refractivity contribution >= 4 is 11.9 Å². The second kappa shape index (κ2) is 5.21. The van der Waals surface area contributed by atoms with Crippen LogP contribution in [0.2, 0.25) is 0 Å². The molecule has 1 aliphatic rings. The Labute approximate surface area is 106 Å². The van der Waals surface area contributed by atoms with Gasteiger partial charge in [0.15, 0.2) is 0 Å². The second-order valence-electron chi connectivity index (χ2n) is 4.40. The summed E-state index contributed by atoms with van der Waals surface area (Å²) in [6.07, 6.45) is 1.02. The molecule has 0 unspecified atom stereocenters. The molecule has 0 fully saturated rings. The van der Waals surface area contributed by atoms with Crippen molar-refractivity contribution in [3.05, 3.63) is 35.4 Å². The maximum Gasteiger partial charge on any atom is 0.313 e. The van der Waals surface area contributed by atoms with Gasteiger partial charge in [-0.15, -0.1) is 0 Å². The minimum Gasteiger partial charge on any atom is -0.481 e. The summed E-state index contributed by atoms with van der Waals surface area (Å²) < 4.78 is 5.05. The lowest BCUT2D eigenvalue weighted by molar-refractivity contribution is -0.146. The minimum absolute atomic E-state index is 0.256. The fourth-order valence-electron chi connectivity index (χ4n) is 2.53. The summed E-state index contributed by atoms with van der Waals surface area (Å²) in [5, 5.41) is 9.20. The molecule has 1 N–H and O–H groups in total. The first-order valence-corrected chi connectivity index (χ1v) is 6.13. The van der Waals surface area contributed by atoms with Crippen molar-refractivity contribution in [2.75, 3.05) is 6.61 Å². The van der Waals surface area contributed by atoms with E-state index in [-0.39, 0.29) is 11.9 Å². The van der Waals surface area contributed by atoms with E-state index in [1.54, 1.807) is 13.0 Å². The third kappa shape index (κ3) is 2.23. The van der Waals surface area contributed by atoms with Crippen LogP contribution in [-0.4, -0.2) is 23.7 Å². The lowest BCUT2D eigenvalue weighted by Crippen LogP contribution is -2.26. The molecule has 4 heteroatoms. The zero-order chi connectivity index (χ0) is 13.1. The number of esters is 1. The van der Waals surface area contributed by atoms with E-state index in [1.165, 1.54) is 0 Å². The molecule has 0 heterocycles. The van der Waals surface area contributed by atoms with Gasteiger partial charge in [0.1, 0.15) is 0 Å². The number of hydrogen-bond donors (Lipinski definition) is 1. The van der Waals surface area contributed by atoms with Gasteiger partial charge in [0.05, 0.1) is 18.4 Å². The number of benzene rings is 1. The van der Waals surface area contributed by atoms with E-state index in [1.807, 2.05) is 18.2 Å². The summed E-state index contributed by atoms with van der Waals surface area (Å²) in [5.74, 6) is -1.91. The molecule has 0 bridgehead atoms. The summed E-state index contributed by atoms with van der Waals surface area (Å²) in [7, 11) is 0. The number of carboxylic acid groups (broad SMARTS) is 1. The molecule has 0 saturated heterocycles. The van der Waals surface area contributed by atoms with Gasteiger partial charge in [-0.05, 0) is 30.9 Å². The van der Waals surface area contributed by atoms with Gasteiger partial charge >= 0.3 is 11.9 Å². The lowest BCUT2D eigenvalue weighted by atomic mass is 9.76. The number of fused-ring (bicyclic) bond motifs is 1. The molecule has 18 heavy (non-hydrogen) atoms. The van der Waals surface area contributed by atoms with Crippen molar-refractivity contribution in [1.29, 1.82) is 0 Å². The maximum atomic E-state index is 11.9. The summed E-state index contributed by atoms with van der Waals surface area (Å²) in [6.45, 7) is 2.12. The van der Waals surface area contributed by atoms with Crippen LogP contribution >= 0.6 is 0 Å². The van der Waals surface area contributed by atoms with E-state index in [0.29, 0.717) is 19.4 Å². The summed E-state index contributed by atoms with van der Waals surface area (Å²) in [5.41, 5.74) is 1.55. The molecule has 0 aromatic heterocycles. The summed E-state index contributed by atoms with van der Waals surface area (Å²) in [4.78, 5) is 23.1. The van der Waals surface area contributed by atoms with E-state index in [4.69, 9.17) is 4.74 Å². The van der Waals surface area contributed by atoms with E-state index >= 15 is 0 Å². The molecule has 1 aromatic carbocycles. The molecule has 0 radical (unpaired) electrons. The Morgan fingerprint density at radius 3 is 2.33 bits per heavy atom. The van der Waals surface area contributed by atoms with Crippen molar-refractivity contribution in [3.8, 4) is 0 Å². The molecule has 2 atom stereocenters. The molecular formula is C14H16O4. The van der Waals surface area contributed by atoms with Crippen LogP contribution in [0.3, 0.4) is 0 Å². The van der Waals surface area contributed by atoms with Gasteiger partial charge in [0.25, 0.3) is 0 Å². The van der Waals surface area contributed by atoms with E-state index in [9.17, 15) is 14.7 Å². The van der Waals surface area contributed by atoms with Gasteiger partial charge in [-0.1, -0.05) is 24.3 Å². The topological polar surface area (TPSA) is 63.6 Å². The summed E-state index contributed by atoms with van der Waals surface area (Å²) >= 11 is 0. The molecular weight excluding hydrogens is 232 g/mol. The predicted octanol–water partition coefficient (Wildman–Crippen LogP) is 2.30. The third-order valence-corrected chi connectivity index (χ3v) is 3.36. The van der Waals surface area contributed by atoms with E-state index < -0.39 is 11.9 Å². The zero-order valence-electron chi connectivity index (χ0n) is 10.3. The normalized spacial score (nSPS) is 22.1. The SMILES string of the molecule is CCOC(=O)[C@@H]1CC[C@@H](C(=O)O)c2ccccc21. The maximum absolute atomic E-state index is 11.9. The number of hydrogen-bond acceptors (Lipinski definition) is 3. The average molecular weight is 248 g/mol. The smallest absolute Gasteiger partial charge is 0.313 e. The monoisotopic (exact) mass is 248 g/mol. The molecule has 1 aromatic rings. The van der Waals surface area contributed by atoms with Crippen LogP contribution in [0.25, 0.3) is 0 Å². The van der Waals surface area contributed by atoms with Crippen molar-refractivity contribution in [2.45, 2.75) is 31.6 Å². The third-order valence-electron chi connectivity index (χ3n) is 3.36. The highest BCUT2D eigenvalue weighted by molar-refractivity contribution is 5.83. The van der Waals surface area contributed by atoms with E-state index in [0.717, 1.165) is 11.1 Å². The van der Waals surface area contributed by atoms with Crippen LogP contribution in [-0.2, 0) is 14.3 Å². The molecule has 4 nitrogen and oxygen atoms in total. The number of carbonyl (C=O) groups excluding carboxylic acids is 1. The molecule has 96 valence electrons. The van der Waals surface area contributed by atoms with Crippen LogP contribution in [0.1, 0.15) is 42.7 Å². The number of aliphatic carboxylic acids is 1. The Morgan fingerprint density at radius 2 is 1.78 bits per heavy atom. The van der Waals surface area contributed by atoms with Gasteiger partial charge in [0.2, 0.25) is 0 Å². The van der Waals surface area contributed by atoms with Crippen LogP contribution in [0, 0.1) is 0 Å². The molecule has 0 saturated carbocycles. The fraction of sp³-hybridized carbons (Fsp3) is 0.429. The van der Waals surface area contributed by atoms with Gasteiger partial charge in [-0.25, -0.2) is 0 Å². The second-order valence-corrected chi connectivity index (χ2v) is 4.40. The Hall–Kier alpha value is -1.84. The molecule has 0 aliphatic heterocycles. The minimum atomic E-state index is -0.829. The van der Waals surface area contributed by atoms with Gasteiger partial charge < -0.3 is 9.84 Å². The Balaban J connectivity index is 2.36.